The molecule has 0 bridgehead atoms. The predicted molar refractivity (Wildman–Crippen MR) is 149 cm³/mol. The minimum absolute atomic E-state index is 0.0890. The van der Waals surface area contributed by atoms with Crippen LogP contribution in [0.25, 0.3) is 0 Å². The fourth-order valence-corrected chi connectivity index (χ4v) is 4.25. The first-order valence-corrected chi connectivity index (χ1v) is 13.8. The molecule has 1 heterocycles. The third-order valence-corrected chi connectivity index (χ3v) is 6.78. The Kier molecular flexibility index (Phi) is 11.6. The van der Waals surface area contributed by atoms with Crippen LogP contribution in [0.5, 0.6) is 0 Å². The van der Waals surface area contributed by atoms with E-state index in [4.69, 9.17) is 5.73 Å². The van der Waals surface area contributed by atoms with Gasteiger partial charge in [-0.1, -0.05) is 42.5 Å². The number of nitrogens with two attached hydrogens (primary N) is 1. The zero-order valence-electron chi connectivity index (χ0n) is 24.2. The van der Waals surface area contributed by atoms with Gasteiger partial charge in [0.05, 0.1) is 19.1 Å². The van der Waals surface area contributed by atoms with Crippen LogP contribution in [-0.4, -0.2) is 78.3 Å². The smallest absolute Gasteiger partial charge is 0.382 e. The zero-order valence-corrected chi connectivity index (χ0v) is 24.2. The Morgan fingerprint density at radius 1 is 0.830 bits per heavy atom. The molecule has 2 aromatic rings. The molecule has 0 aromatic heterocycles. The molecule has 13 nitrogen and oxygen atoms in total. The van der Waals surface area contributed by atoms with E-state index in [1.165, 1.54) is 0 Å². The van der Waals surface area contributed by atoms with Gasteiger partial charge in [-0.05, 0) is 24.1 Å². The van der Waals surface area contributed by atoms with E-state index < -0.39 is 91.7 Å². The molecule has 2 unspecified atom stereocenters. The summed E-state index contributed by atoms with van der Waals surface area (Å²) in [7, 11) is 0. The summed E-state index contributed by atoms with van der Waals surface area (Å²) in [5.74, 6) is -4.75. The van der Waals surface area contributed by atoms with Gasteiger partial charge in [0.15, 0.2) is 6.10 Å². The Balaban J connectivity index is 1.59. The normalized spacial score (nSPS) is 15.5. The van der Waals surface area contributed by atoms with Crippen LogP contribution in [0.15, 0.2) is 64.8 Å². The van der Waals surface area contributed by atoms with E-state index >= 15 is 0 Å². The lowest BCUT2D eigenvalue weighted by atomic mass is 10.0. The minimum Gasteiger partial charge on any atom is -0.382 e. The molecular formula is C28H29F6N7O6. The molecule has 0 spiro atoms. The molecule has 0 saturated heterocycles. The number of nitrogens with zero attached hydrogens (tertiary/aromatic N) is 2. The number of carbonyl (C=O) groups is 5. The third-order valence-electron chi connectivity index (χ3n) is 6.78. The molecule has 2 aromatic carbocycles. The van der Waals surface area contributed by atoms with Crippen LogP contribution in [0.2, 0.25) is 0 Å². The summed E-state index contributed by atoms with van der Waals surface area (Å²) in [6.45, 7) is -1.55. The lowest BCUT2D eigenvalue weighted by Gasteiger charge is -2.26. The third kappa shape index (κ3) is 10.2. The fourth-order valence-electron chi connectivity index (χ4n) is 4.25. The number of carbonyl (C=O) groups excluding carboxylic acids is 5. The van der Waals surface area contributed by atoms with Crippen LogP contribution in [0.3, 0.4) is 0 Å². The highest BCUT2D eigenvalue weighted by Gasteiger charge is 2.65. The highest BCUT2D eigenvalue weighted by Crippen LogP contribution is 2.52. The standard InChI is InChI=1S/C28H29F6N7O6/c29-27(30,31)23(45)18(10-11-20(35)42)38-21(43)14-37-25(47)19(12-15-4-2-1-3-5-15)39-22(44)13-36-24(46)16-6-8-17(9-7-16)26(40-41-26)28(32,33)34/h1-9,18-19,23,45H,10-14H2,(H2,35,42)(H,36,46)(H,37,47)(H,38,43)(H,39,44)/t18?,19-,23?/m0/s1. The maximum absolute atomic E-state index is 13.2. The topological polar surface area (TPSA) is 204 Å². The van der Waals surface area contributed by atoms with Crippen LogP contribution in [0, 0.1) is 0 Å². The number of halogens is 6. The molecule has 0 radical (unpaired) electrons. The van der Waals surface area contributed by atoms with E-state index in [0.717, 1.165) is 24.3 Å². The SMILES string of the molecule is NC(=O)CCC(NC(=O)CNC(=O)[C@H](Cc1ccccc1)NC(=O)CNC(=O)c1ccc(C2(C(F)(F)F)N=N2)cc1)C(O)C(F)(F)F. The van der Waals surface area contributed by atoms with E-state index in [-0.39, 0.29) is 17.5 Å². The predicted octanol–water partition coefficient (Wildman–Crippen LogP) is 1.11. The number of nitrogens with one attached hydrogen (secondary N) is 4. The quantitative estimate of drug-likeness (QED) is 0.153. The van der Waals surface area contributed by atoms with Crippen molar-refractivity contribution in [3.05, 3.63) is 71.3 Å². The summed E-state index contributed by atoms with van der Waals surface area (Å²) in [4.78, 5) is 61.5. The number of hydrogen-bond donors (Lipinski definition) is 6. The van der Waals surface area contributed by atoms with Crippen molar-refractivity contribution in [1.82, 2.24) is 21.3 Å². The first-order valence-electron chi connectivity index (χ1n) is 13.8. The Bertz CT molecular complexity index is 1480. The maximum Gasteiger partial charge on any atom is 0.442 e. The average molecular weight is 674 g/mol. The zero-order chi connectivity index (χ0) is 35.0. The summed E-state index contributed by atoms with van der Waals surface area (Å²) < 4.78 is 78.7. The highest BCUT2D eigenvalue weighted by molar-refractivity contribution is 5.97. The summed E-state index contributed by atoms with van der Waals surface area (Å²) in [6, 6.07) is 9.13. The number of aliphatic hydroxyl groups excluding tert-OH is 1. The molecule has 0 saturated carbocycles. The Morgan fingerprint density at radius 2 is 1.40 bits per heavy atom. The van der Waals surface area contributed by atoms with Crippen molar-refractivity contribution in [2.24, 2.45) is 16.0 Å². The number of aliphatic hydroxyl groups is 1. The first kappa shape index (κ1) is 36.4. The van der Waals surface area contributed by atoms with Crippen molar-refractivity contribution >= 4 is 29.5 Å². The first-order chi connectivity index (χ1) is 21.9. The molecule has 1 aliphatic heterocycles. The van der Waals surface area contributed by atoms with Crippen molar-refractivity contribution in [1.29, 1.82) is 0 Å². The highest BCUT2D eigenvalue weighted by atomic mass is 19.4. The second kappa shape index (κ2) is 15.0. The second-order valence-corrected chi connectivity index (χ2v) is 10.3. The molecule has 5 amide bonds. The van der Waals surface area contributed by atoms with E-state index in [1.807, 2.05) is 5.32 Å². The molecule has 3 rings (SSSR count). The van der Waals surface area contributed by atoms with Gasteiger partial charge in [-0.15, -0.1) is 10.2 Å². The lowest BCUT2D eigenvalue weighted by Crippen LogP contribution is -2.54. The van der Waals surface area contributed by atoms with Crippen LogP contribution in [0.1, 0.15) is 34.3 Å². The number of hydrogen-bond acceptors (Lipinski definition) is 8. The second-order valence-electron chi connectivity index (χ2n) is 10.3. The van der Waals surface area contributed by atoms with Crippen LogP contribution in [-0.2, 0) is 31.3 Å². The van der Waals surface area contributed by atoms with Crippen LogP contribution in [0.4, 0.5) is 26.3 Å². The van der Waals surface area contributed by atoms with Crippen molar-refractivity contribution in [2.45, 2.75) is 55.5 Å². The van der Waals surface area contributed by atoms with Gasteiger partial charge in [0.25, 0.3) is 5.91 Å². The minimum atomic E-state index is -5.14. The van der Waals surface area contributed by atoms with Gasteiger partial charge in [-0.3, -0.25) is 24.0 Å². The average Bonchev–Trinajstić information content (AvgIpc) is 3.83. The van der Waals surface area contributed by atoms with Gasteiger partial charge in [0, 0.05) is 24.0 Å². The largest absolute Gasteiger partial charge is 0.442 e. The number of rotatable bonds is 15. The number of alkyl halides is 6. The molecular weight excluding hydrogens is 644 g/mol. The van der Waals surface area contributed by atoms with Crippen molar-refractivity contribution in [3.8, 4) is 0 Å². The van der Waals surface area contributed by atoms with Crippen molar-refractivity contribution < 1.29 is 55.4 Å². The Hall–Kier alpha value is -5.07. The summed E-state index contributed by atoms with van der Waals surface area (Å²) in [6.07, 6.45) is -14.3. The number of benzene rings is 2. The van der Waals surface area contributed by atoms with Crippen molar-refractivity contribution in [3.63, 3.8) is 0 Å². The van der Waals surface area contributed by atoms with Gasteiger partial charge in [0.2, 0.25) is 23.6 Å². The Morgan fingerprint density at radius 3 is 1.94 bits per heavy atom. The molecule has 0 aliphatic carbocycles. The molecule has 1 aliphatic rings. The number of primary amides is 1. The molecule has 19 heteroatoms. The van der Waals surface area contributed by atoms with Gasteiger partial charge >= 0.3 is 18.0 Å². The van der Waals surface area contributed by atoms with Crippen molar-refractivity contribution in [2.75, 3.05) is 13.1 Å². The van der Waals surface area contributed by atoms with Gasteiger partial charge in [-0.25, -0.2) is 0 Å². The summed E-state index contributed by atoms with van der Waals surface area (Å²) in [5, 5.41) is 24.4. The lowest BCUT2D eigenvalue weighted by molar-refractivity contribution is -0.212. The molecule has 7 N–H and O–H groups in total. The van der Waals surface area contributed by atoms with Crippen LogP contribution < -0.4 is 27.0 Å². The van der Waals surface area contributed by atoms with E-state index in [1.54, 1.807) is 30.3 Å². The van der Waals surface area contributed by atoms with E-state index in [2.05, 4.69) is 26.2 Å². The Labute approximate surface area is 262 Å². The number of amides is 5. The molecule has 254 valence electrons. The monoisotopic (exact) mass is 673 g/mol. The molecule has 47 heavy (non-hydrogen) atoms. The fraction of sp³-hybridized carbons (Fsp3) is 0.393. The molecule has 0 fully saturated rings. The molecule has 3 atom stereocenters. The van der Waals surface area contributed by atoms with E-state index in [9.17, 15) is 55.4 Å². The van der Waals surface area contributed by atoms with Crippen LogP contribution >= 0.6 is 0 Å². The van der Waals surface area contributed by atoms with Gasteiger partial charge in [-0.2, -0.15) is 26.3 Å². The summed E-state index contributed by atoms with van der Waals surface area (Å²) >= 11 is 0. The van der Waals surface area contributed by atoms with E-state index in [0.29, 0.717) is 5.56 Å². The summed E-state index contributed by atoms with van der Waals surface area (Å²) in [5.41, 5.74) is 2.44. The maximum atomic E-state index is 13.2. The van der Waals surface area contributed by atoms with Gasteiger partial charge in [0.1, 0.15) is 6.04 Å². The van der Waals surface area contributed by atoms with Gasteiger partial charge < -0.3 is 32.1 Å².